The number of carbonyl (C=O) groups is 1. The van der Waals surface area contributed by atoms with Crippen LogP contribution in [-0.2, 0) is 0 Å². The average Bonchev–Trinajstić information content (AvgIpc) is 2.50. The van der Waals surface area contributed by atoms with Crippen molar-refractivity contribution in [3.05, 3.63) is 62.6 Å². The van der Waals surface area contributed by atoms with Gasteiger partial charge in [0.2, 0.25) is 0 Å². The van der Waals surface area contributed by atoms with Crippen LogP contribution in [0.4, 0.5) is 16.2 Å². The molecule has 120 valence electrons. The quantitative estimate of drug-likeness (QED) is 0.480. The highest BCUT2D eigenvalue weighted by Crippen LogP contribution is 2.27. The first-order valence-electron chi connectivity index (χ1n) is 6.33. The van der Waals surface area contributed by atoms with Gasteiger partial charge in [-0.15, -0.1) is 0 Å². The van der Waals surface area contributed by atoms with Gasteiger partial charge in [-0.2, -0.15) is 0 Å². The van der Waals surface area contributed by atoms with Gasteiger partial charge in [-0.05, 0) is 24.3 Å². The molecule has 2 amide bonds. The first kappa shape index (κ1) is 16.9. The maximum Gasteiger partial charge on any atom is 0.322 e. The Morgan fingerprint density at radius 1 is 1.22 bits per heavy atom. The Morgan fingerprint density at radius 2 is 1.96 bits per heavy atom. The topological polar surface area (TPSA) is 93.5 Å². The number of ether oxygens (including phenoxy) is 1. The molecule has 0 aliphatic rings. The number of halogens is 2. The molecule has 2 N–H and O–H groups in total. The SMILES string of the molecule is O=C(NCOc1ccc(Cl)cc1Cl)Nc1ccccc1[N+](=O)[O-]. The molecule has 9 heteroatoms. The second-order valence-corrected chi connectivity index (χ2v) is 5.11. The zero-order valence-corrected chi connectivity index (χ0v) is 13.1. The fourth-order valence-corrected chi connectivity index (χ4v) is 2.14. The Balaban J connectivity index is 1.90. The number of nitrogens with zero attached hydrogens (tertiary/aromatic N) is 1. The lowest BCUT2D eigenvalue weighted by molar-refractivity contribution is -0.383. The maximum absolute atomic E-state index is 11.7. The molecule has 0 bridgehead atoms. The van der Waals surface area contributed by atoms with Crippen LogP contribution in [-0.4, -0.2) is 17.7 Å². The molecule has 0 unspecified atom stereocenters. The molecule has 2 rings (SSSR count). The van der Waals surface area contributed by atoms with E-state index in [1.54, 1.807) is 18.2 Å². The van der Waals surface area contributed by atoms with E-state index < -0.39 is 11.0 Å². The van der Waals surface area contributed by atoms with E-state index >= 15 is 0 Å². The van der Waals surface area contributed by atoms with Crippen LogP contribution in [0.15, 0.2) is 42.5 Å². The van der Waals surface area contributed by atoms with Crippen molar-refractivity contribution in [1.29, 1.82) is 0 Å². The average molecular weight is 356 g/mol. The fourth-order valence-electron chi connectivity index (χ4n) is 1.68. The van der Waals surface area contributed by atoms with Crippen LogP contribution in [0, 0.1) is 10.1 Å². The molecular formula is C14H11Cl2N3O4. The second-order valence-electron chi connectivity index (χ2n) is 4.27. The van der Waals surface area contributed by atoms with Crippen LogP contribution >= 0.6 is 23.2 Å². The number of amides is 2. The molecule has 0 atom stereocenters. The smallest absolute Gasteiger partial charge is 0.322 e. The van der Waals surface area contributed by atoms with Crippen molar-refractivity contribution in [2.24, 2.45) is 0 Å². The van der Waals surface area contributed by atoms with Gasteiger partial charge in [-0.1, -0.05) is 35.3 Å². The minimum absolute atomic E-state index is 0.0829. The Labute approximate surface area is 141 Å². The lowest BCUT2D eigenvalue weighted by Crippen LogP contribution is -2.32. The van der Waals surface area contributed by atoms with Crippen LogP contribution in [0.3, 0.4) is 0 Å². The third kappa shape index (κ3) is 4.73. The van der Waals surface area contributed by atoms with Gasteiger partial charge in [-0.3, -0.25) is 10.1 Å². The van der Waals surface area contributed by atoms with Crippen molar-refractivity contribution in [2.75, 3.05) is 12.0 Å². The lowest BCUT2D eigenvalue weighted by atomic mass is 10.3. The van der Waals surface area contributed by atoms with Gasteiger partial charge in [0.25, 0.3) is 5.69 Å². The Bertz CT molecular complexity index is 740. The molecule has 7 nitrogen and oxygen atoms in total. The summed E-state index contributed by atoms with van der Waals surface area (Å²) in [6, 6.07) is 9.81. The number of nitro benzene ring substituents is 1. The number of benzene rings is 2. The molecule has 0 radical (unpaired) electrons. The summed E-state index contributed by atoms with van der Waals surface area (Å²) in [4.78, 5) is 22.0. The number of hydrogen-bond acceptors (Lipinski definition) is 4. The maximum atomic E-state index is 11.7. The summed E-state index contributed by atoms with van der Waals surface area (Å²) in [6.07, 6.45) is 0. The number of para-hydroxylation sites is 2. The number of anilines is 1. The number of urea groups is 1. The molecule has 2 aromatic carbocycles. The first-order valence-corrected chi connectivity index (χ1v) is 7.09. The minimum atomic E-state index is -0.649. The molecular weight excluding hydrogens is 345 g/mol. The first-order chi connectivity index (χ1) is 11.0. The highest BCUT2D eigenvalue weighted by Gasteiger charge is 2.14. The molecule has 0 aliphatic heterocycles. The van der Waals surface area contributed by atoms with Crippen molar-refractivity contribution in [3.8, 4) is 5.75 Å². The van der Waals surface area contributed by atoms with Crippen molar-refractivity contribution >= 4 is 40.6 Å². The minimum Gasteiger partial charge on any atom is -0.472 e. The van der Waals surface area contributed by atoms with Crippen molar-refractivity contribution in [3.63, 3.8) is 0 Å². The monoisotopic (exact) mass is 355 g/mol. The Morgan fingerprint density at radius 3 is 2.65 bits per heavy atom. The molecule has 0 spiro atoms. The summed E-state index contributed by atoms with van der Waals surface area (Å²) in [5.41, 5.74) is -0.121. The molecule has 0 saturated carbocycles. The van der Waals surface area contributed by atoms with Gasteiger partial charge in [-0.25, -0.2) is 4.79 Å². The summed E-state index contributed by atoms with van der Waals surface area (Å²) in [7, 11) is 0. The summed E-state index contributed by atoms with van der Waals surface area (Å²) < 4.78 is 5.28. The predicted octanol–water partition coefficient (Wildman–Crippen LogP) is 4.06. The second kappa shape index (κ2) is 7.66. The molecule has 2 aromatic rings. The summed E-state index contributed by atoms with van der Waals surface area (Å²) in [5, 5.41) is 16.4. The summed E-state index contributed by atoms with van der Waals surface area (Å²) in [6.45, 7) is -0.173. The largest absolute Gasteiger partial charge is 0.472 e. The number of nitro groups is 1. The van der Waals surface area contributed by atoms with Crippen LogP contribution in [0.2, 0.25) is 10.0 Å². The Kier molecular flexibility index (Phi) is 5.61. The van der Waals surface area contributed by atoms with E-state index in [2.05, 4.69) is 10.6 Å². The van der Waals surface area contributed by atoms with Gasteiger partial charge >= 0.3 is 6.03 Å². The van der Waals surface area contributed by atoms with Gasteiger partial charge < -0.3 is 15.4 Å². The van der Waals surface area contributed by atoms with Gasteiger partial charge in [0, 0.05) is 11.1 Å². The van der Waals surface area contributed by atoms with E-state index in [0.29, 0.717) is 15.8 Å². The Hall–Kier alpha value is -2.51. The zero-order chi connectivity index (χ0) is 16.8. The third-order valence-electron chi connectivity index (χ3n) is 2.70. The third-order valence-corrected chi connectivity index (χ3v) is 3.23. The van der Waals surface area contributed by atoms with Crippen LogP contribution in [0.1, 0.15) is 0 Å². The highest BCUT2D eigenvalue weighted by molar-refractivity contribution is 6.35. The number of hydrogen-bond donors (Lipinski definition) is 2. The van der Waals surface area contributed by atoms with E-state index in [-0.39, 0.29) is 18.1 Å². The van der Waals surface area contributed by atoms with E-state index in [9.17, 15) is 14.9 Å². The standard InChI is InChI=1S/C14H11Cl2N3O4/c15-9-5-6-13(10(16)7-9)23-8-17-14(20)18-11-3-1-2-4-12(11)19(21)22/h1-7H,8H2,(H2,17,18,20). The van der Waals surface area contributed by atoms with Crippen LogP contribution < -0.4 is 15.4 Å². The van der Waals surface area contributed by atoms with Crippen molar-refractivity contribution in [1.82, 2.24) is 5.32 Å². The molecule has 0 fully saturated rings. The van der Waals surface area contributed by atoms with Gasteiger partial charge in [0.15, 0.2) is 6.73 Å². The normalized spacial score (nSPS) is 10.0. The van der Waals surface area contributed by atoms with E-state index in [1.807, 2.05) is 0 Å². The summed E-state index contributed by atoms with van der Waals surface area (Å²) in [5.74, 6) is 0.349. The molecule has 0 heterocycles. The van der Waals surface area contributed by atoms with Gasteiger partial charge in [0.1, 0.15) is 11.4 Å². The molecule has 0 aromatic heterocycles. The fraction of sp³-hybridized carbons (Fsp3) is 0.0714. The van der Waals surface area contributed by atoms with Crippen LogP contribution in [0.5, 0.6) is 5.75 Å². The number of rotatable bonds is 5. The summed E-state index contributed by atoms with van der Waals surface area (Å²) >= 11 is 11.7. The van der Waals surface area contributed by atoms with E-state index in [4.69, 9.17) is 27.9 Å². The van der Waals surface area contributed by atoms with Crippen molar-refractivity contribution < 1.29 is 14.5 Å². The van der Waals surface area contributed by atoms with Crippen molar-refractivity contribution in [2.45, 2.75) is 0 Å². The predicted molar refractivity (Wildman–Crippen MR) is 87.2 cm³/mol. The van der Waals surface area contributed by atoms with E-state index in [0.717, 1.165) is 0 Å². The van der Waals surface area contributed by atoms with Crippen LogP contribution in [0.25, 0.3) is 0 Å². The zero-order valence-electron chi connectivity index (χ0n) is 11.6. The number of carbonyl (C=O) groups excluding carboxylic acids is 1. The highest BCUT2D eigenvalue weighted by atomic mass is 35.5. The number of nitrogens with one attached hydrogen (secondary N) is 2. The lowest BCUT2D eigenvalue weighted by Gasteiger charge is -2.10. The molecule has 0 saturated heterocycles. The molecule has 23 heavy (non-hydrogen) atoms. The molecule has 0 aliphatic carbocycles. The van der Waals surface area contributed by atoms with E-state index in [1.165, 1.54) is 24.3 Å². The van der Waals surface area contributed by atoms with Gasteiger partial charge in [0.05, 0.1) is 9.95 Å².